The molecular formula is C14H9Cl2IO. The summed E-state index contributed by atoms with van der Waals surface area (Å²) < 4.78 is 0.943. The van der Waals surface area contributed by atoms with Crippen LogP contribution >= 0.6 is 45.8 Å². The van der Waals surface area contributed by atoms with Gasteiger partial charge in [0.15, 0.2) is 5.78 Å². The summed E-state index contributed by atoms with van der Waals surface area (Å²) in [6.07, 6.45) is 0.263. The lowest BCUT2D eigenvalue weighted by molar-refractivity contribution is 0.0992. The van der Waals surface area contributed by atoms with Crippen LogP contribution < -0.4 is 0 Å². The summed E-state index contributed by atoms with van der Waals surface area (Å²) in [5, 5.41) is 0.934. The number of carbonyl (C=O) groups is 1. The topological polar surface area (TPSA) is 17.1 Å². The average Bonchev–Trinajstić information content (AvgIpc) is 2.35. The first-order valence-corrected chi connectivity index (χ1v) is 7.13. The van der Waals surface area contributed by atoms with E-state index in [2.05, 4.69) is 22.6 Å². The monoisotopic (exact) mass is 390 g/mol. The Morgan fingerprint density at radius 3 is 2.50 bits per heavy atom. The van der Waals surface area contributed by atoms with E-state index in [1.165, 1.54) is 0 Å². The minimum atomic E-state index is 0.0455. The summed E-state index contributed by atoms with van der Waals surface area (Å²) in [5.74, 6) is 0.0455. The molecule has 0 amide bonds. The molecule has 2 aromatic rings. The highest BCUT2D eigenvalue weighted by molar-refractivity contribution is 14.1. The van der Waals surface area contributed by atoms with Gasteiger partial charge in [0.2, 0.25) is 0 Å². The van der Waals surface area contributed by atoms with E-state index in [0.717, 1.165) is 9.13 Å². The average molecular weight is 391 g/mol. The molecule has 0 aromatic heterocycles. The van der Waals surface area contributed by atoms with Gasteiger partial charge in [-0.05, 0) is 40.3 Å². The molecule has 2 rings (SSSR count). The maximum Gasteiger partial charge on any atom is 0.168 e. The van der Waals surface area contributed by atoms with E-state index < -0.39 is 0 Å². The highest BCUT2D eigenvalue weighted by atomic mass is 127. The molecule has 0 unspecified atom stereocenters. The normalized spacial score (nSPS) is 10.4. The predicted molar refractivity (Wildman–Crippen MR) is 83.7 cm³/mol. The van der Waals surface area contributed by atoms with Crippen LogP contribution in [0.4, 0.5) is 0 Å². The number of Topliss-reactive ketones (excluding diaryl/α,β-unsaturated/α-hetero) is 1. The number of benzene rings is 2. The maximum atomic E-state index is 12.2. The minimum Gasteiger partial charge on any atom is -0.294 e. The predicted octanol–water partition coefficient (Wildman–Crippen LogP) is 5.02. The zero-order valence-corrected chi connectivity index (χ0v) is 13.0. The molecule has 18 heavy (non-hydrogen) atoms. The minimum absolute atomic E-state index is 0.0455. The summed E-state index contributed by atoms with van der Waals surface area (Å²) in [4.78, 5) is 12.2. The first kappa shape index (κ1) is 13.8. The summed E-state index contributed by atoms with van der Waals surface area (Å²) >= 11 is 14.2. The van der Waals surface area contributed by atoms with Crippen molar-refractivity contribution in [2.75, 3.05) is 0 Å². The smallest absolute Gasteiger partial charge is 0.168 e. The highest BCUT2D eigenvalue weighted by Crippen LogP contribution is 2.27. The molecule has 4 heteroatoms. The SMILES string of the molecule is O=C(Cc1cccc(Cl)c1Cl)c1ccccc1I. The molecule has 0 bridgehead atoms. The maximum absolute atomic E-state index is 12.2. The van der Waals surface area contributed by atoms with Crippen LogP contribution in [0.2, 0.25) is 10.0 Å². The Labute approximate surface area is 129 Å². The van der Waals surface area contributed by atoms with E-state index in [1.54, 1.807) is 12.1 Å². The third-order valence-corrected chi connectivity index (χ3v) is 4.36. The van der Waals surface area contributed by atoms with Gasteiger partial charge < -0.3 is 0 Å². The van der Waals surface area contributed by atoms with E-state index in [-0.39, 0.29) is 12.2 Å². The van der Waals surface area contributed by atoms with E-state index in [1.807, 2.05) is 30.3 Å². The van der Waals surface area contributed by atoms with Crippen molar-refractivity contribution in [2.24, 2.45) is 0 Å². The van der Waals surface area contributed by atoms with Crippen molar-refractivity contribution in [1.82, 2.24) is 0 Å². The molecule has 0 saturated carbocycles. The molecule has 0 heterocycles. The molecule has 2 aromatic carbocycles. The summed E-state index contributed by atoms with van der Waals surface area (Å²) in [6.45, 7) is 0. The second-order valence-corrected chi connectivity index (χ2v) is 5.74. The number of hydrogen-bond donors (Lipinski definition) is 0. The highest BCUT2D eigenvalue weighted by Gasteiger charge is 2.13. The Kier molecular flexibility index (Phi) is 4.65. The zero-order valence-electron chi connectivity index (χ0n) is 9.29. The van der Waals surface area contributed by atoms with Crippen LogP contribution in [0.3, 0.4) is 0 Å². The standard InChI is InChI=1S/C14H9Cl2IO/c15-11-6-3-4-9(14(11)16)8-13(18)10-5-1-2-7-12(10)17/h1-7H,8H2. The van der Waals surface area contributed by atoms with Crippen LogP contribution in [-0.4, -0.2) is 5.78 Å². The molecule has 0 saturated heterocycles. The van der Waals surface area contributed by atoms with Crippen molar-refractivity contribution in [3.63, 3.8) is 0 Å². The van der Waals surface area contributed by atoms with Crippen molar-refractivity contribution in [1.29, 1.82) is 0 Å². The molecule has 92 valence electrons. The van der Waals surface area contributed by atoms with E-state index >= 15 is 0 Å². The van der Waals surface area contributed by atoms with Crippen molar-refractivity contribution >= 4 is 51.6 Å². The van der Waals surface area contributed by atoms with Crippen LogP contribution in [0.15, 0.2) is 42.5 Å². The second kappa shape index (κ2) is 6.04. The lowest BCUT2D eigenvalue weighted by Crippen LogP contribution is -2.06. The fraction of sp³-hybridized carbons (Fsp3) is 0.0714. The molecule has 0 fully saturated rings. The molecular weight excluding hydrogens is 382 g/mol. The number of carbonyl (C=O) groups excluding carboxylic acids is 1. The Morgan fingerprint density at radius 1 is 1.06 bits per heavy atom. The Balaban J connectivity index is 2.27. The second-order valence-electron chi connectivity index (χ2n) is 3.79. The zero-order chi connectivity index (χ0) is 13.1. The molecule has 0 aliphatic carbocycles. The van der Waals surface area contributed by atoms with Gasteiger partial charge in [0, 0.05) is 15.6 Å². The third-order valence-electron chi connectivity index (χ3n) is 2.56. The van der Waals surface area contributed by atoms with Crippen molar-refractivity contribution in [3.05, 3.63) is 67.2 Å². The van der Waals surface area contributed by atoms with Gasteiger partial charge in [0.1, 0.15) is 0 Å². The van der Waals surface area contributed by atoms with Gasteiger partial charge in [0.05, 0.1) is 10.0 Å². The van der Waals surface area contributed by atoms with Gasteiger partial charge in [-0.25, -0.2) is 0 Å². The number of ketones is 1. The summed E-state index contributed by atoms with van der Waals surface area (Å²) in [6, 6.07) is 12.8. The van der Waals surface area contributed by atoms with Crippen molar-refractivity contribution in [2.45, 2.75) is 6.42 Å². The first-order chi connectivity index (χ1) is 8.59. The van der Waals surface area contributed by atoms with Crippen LogP contribution in [0.25, 0.3) is 0 Å². The molecule has 0 atom stereocenters. The fourth-order valence-corrected chi connectivity index (χ4v) is 2.72. The van der Waals surface area contributed by atoms with Gasteiger partial charge >= 0.3 is 0 Å². The fourth-order valence-electron chi connectivity index (χ4n) is 1.64. The molecule has 0 N–H and O–H groups in total. The summed E-state index contributed by atoms with van der Waals surface area (Å²) in [7, 11) is 0. The van der Waals surface area contributed by atoms with E-state index in [4.69, 9.17) is 23.2 Å². The molecule has 0 spiro atoms. The van der Waals surface area contributed by atoms with Crippen LogP contribution in [-0.2, 0) is 6.42 Å². The quantitative estimate of drug-likeness (QED) is 0.531. The lowest BCUT2D eigenvalue weighted by Gasteiger charge is -2.06. The van der Waals surface area contributed by atoms with Crippen molar-refractivity contribution in [3.8, 4) is 0 Å². The first-order valence-electron chi connectivity index (χ1n) is 5.30. The van der Waals surface area contributed by atoms with Gasteiger partial charge in [-0.1, -0.05) is 53.5 Å². The molecule has 0 aliphatic rings. The third kappa shape index (κ3) is 3.05. The Bertz CT molecular complexity index is 596. The Morgan fingerprint density at radius 2 is 1.78 bits per heavy atom. The molecule has 0 radical (unpaired) electrons. The summed E-state index contributed by atoms with van der Waals surface area (Å²) in [5.41, 5.74) is 1.47. The van der Waals surface area contributed by atoms with E-state index in [0.29, 0.717) is 15.6 Å². The largest absolute Gasteiger partial charge is 0.294 e. The van der Waals surface area contributed by atoms with Gasteiger partial charge in [-0.3, -0.25) is 4.79 Å². The molecule has 0 aliphatic heterocycles. The number of rotatable bonds is 3. The Hall–Kier alpha value is -0.580. The van der Waals surface area contributed by atoms with Crippen molar-refractivity contribution < 1.29 is 4.79 Å². The van der Waals surface area contributed by atoms with Gasteiger partial charge in [0.25, 0.3) is 0 Å². The van der Waals surface area contributed by atoms with Crippen LogP contribution in [0, 0.1) is 3.57 Å². The number of halogens is 3. The van der Waals surface area contributed by atoms with Gasteiger partial charge in [-0.15, -0.1) is 0 Å². The lowest BCUT2D eigenvalue weighted by atomic mass is 10.0. The molecule has 1 nitrogen and oxygen atoms in total. The van der Waals surface area contributed by atoms with Crippen LogP contribution in [0.1, 0.15) is 15.9 Å². The van der Waals surface area contributed by atoms with Gasteiger partial charge in [-0.2, -0.15) is 0 Å². The van der Waals surface area contributed by atoms with Crippen LogP contribution in [0.5, 0.6) is 0 Å². The number of hydrogen-bond acceptors (Lipinski definition) is 1. The van der Waals surface area contributed by atoms with E-state index in [9.17, 15) is 4.79 Å².